The second-order valence-corrected chi connectivity index (χ2v) is 6.89. The molecule has 3 nitrogen and oxygen atoms in total. The highest BCUT2D eigenvalue weighted by Gasteiger charge is 2.42. The van der Waals surface area contributed by atoms with Gasteiger partial charge in [-0.2, -0.15) is 0 Å². The lowest BCUT2D eigenvalue weighted by Crippen LogP contribution is -2.45. The van der Waals surface area contributed by atoms with Crippen LogP contribution in [0.15, 0.2) is 54.7 Å². The van der Waals surface area contributed by atoms with E-state index in [9.17, 15) is 9.18 Å². The Bertz CT molecular complexity index is 985. The van der Waals surface area contributed by atoms with Crippen molar-refractivity contribution in [2.24, 2.45) is 5.41 Å². The molecule has 3 aromatic rings. The van der Waals surface area contributed by atoms with E-state index in [1.54, 1.807) is 17.2 Å². The summed E-state index contributed by atoms with van der Waals surface area (Å²) < 4.78 is 13.9. The summed E-state index contributed by atoms with van der Waals surface area (Å²) in [5.74, 6) is -0.351. The monoisotopic (exact) mass is 334 g/mol. The molecule has 1 aliphatic heterocycles. The van der Waals surface area contributed by atoms with Gasteiger partial charge in [0.25, 0.3) is 0 Å². The first kappa shape index (κ1) is 15.8. The maximum Gasteiger partial charge on any atom is 0.237 e. The highest BCUT2D eigenvalue weighted by Crippen LogP contribution is 2.43. The van der Waals surface area contributed by atoms with E-state index < -0.39 is 5.41 Å². The van der Waals surface area contributed by atoms with Gasteiger partial charge in [0.05, 0.1) is 28.5 Å². The van der Waals surface area contributed by atoms with Crippen LogP contribution in [0.25, 0.3) is 10.9 Å². The zero-order chi connectivity index (χ0) is 17.6. The van der Waals surface area contributed by atoms with Crippen molar-refractivity contribution in [3.8, 4) is 0 Å². The van der Waals surface area contributed by atoms with Gasteiger partial charge < -0.3 is 0 Å². The molecule has 0 radical (unpaired) electrons. The number of rotatable bonds is 2. The number of hydrogen-bond donors (Lipinski definition) is 0. The summed E-state index contributed by atoms with van der Waals surface area (Å²) >= 11 is 0. The van der Waals surface area contributed by atoms with Gasteiger partial charge in [-0.1, -0.05) is 38.1 Å². The minimum Gasteiger partial charge on any atom is -0.279 e. The van der Waals surface area contributed by atoms with Crippen LogP contribution in [0.1, 0.15) is 25.8 Å². The Kier molecular flexibility index (Phi) is 3.57. The van der Waals surface area contributed by atoms with Gasteiger partial charge in [0, 0.05) is 5.39 Å². The van der Waals surface area contributed by atoms with Crippen LogP contribution in [0.5, 0.6) is 0 Å². The van der Waals surface area contributed by atoms with E-state index in [0.29, 0.717) is 17.8 Å². The summed E-state index contributed by atoms with van der Waals surface area (Å²) in [6, 6.07) is 14.4. The molecular formula is C21H19FN2O. The van der Waals surface area contributed by atoms with E-state index in [-0.39, 0.29) is 11.7 Å². The Morgan fingerprint density at radius 3 is 2.80 bits per heavy atom. The van der Waals surface area contributed by atoms with Crippen molar-refractivity contribution in [2.75, 3.05) is 4.90 Å². The van der Waals surface area contributed by atoms with E-state index in [1.807, 2.05) is 44.2 Å². The zero-order valence-corrected chi connectivity index (χ0v) is 14.3. The predicted octanol–water partition coefficient (Wildman–Crippen LogP) is 5.01. The van der Waals surface area contributed by atoms with Crippen molar-refractivity contribution in [3.63, 3.8) is 0 Å². The lowest BCUT2D eigenvalue weighted by molar-refractivity contribution is -0.127. The quantitative estimate of drug-likeness (QED) is 0.660. The number of anilines is 2. The molecule has 0 aliphatic carbocycles. The molecule has 1 aromatic heterocycles. The third-order valence-corrected chi connectivity index (χ3v) is 5.20. The first-order chi connectivity index (χ1) is 12.0. The summed E-state index contributed by atoms with van der Waals surface area (Å²) in [5, 5.41) is 0.953. The molecule has 1 unspecified atom stereocenters. The van der Waals surface area contributed by atoms with Crippen LogP contribution in [0.2, 0.25) is 0 Å². The molecule has 0 spiro atoms. The summed E-state index contributed by atoms with van der Waals surface area (Å²) in [7, 11) is 0. The first-order valence-electron chi connectivity index (χ1n) is 8.49. The molecule has 2 aromatic carbocycles. The highest BCUT2D eigenvalue weighted by atomic mass is 19.1. The average Bonchev–Trinajstić information content (AvgIpc) is 2.63. The van der Waals surface area contributed by atoms with Gasteiger partial charge in [-0.15, -0.1) is 0 Å². The molecule has 0 saturated heterocycles. The van der Waals surface area contributed by atoms with Crippen molar-refractivity contribution in [3.05, 3.63) is 66.1 Å². The molecule has 0 fully saturated rings. The number of para-hydroxylation sites is 1. The molecule has 126 valence electrons. The minimum absolute atomic E-state index is 0.00909. The number of carbonyl (C=O) groups excluding carboxylic acids is 1. The van der Waals surface area contributed by atoms with Crippen LogP contribution in [-0.2, 0) is 11.2 Å². The largest absolute Gasteiger partial charge is 0.279 e. The smallest absolute Gasteiger partial charge is 0.237 e. The predicted molar refractivity (Wildman–Crippen MR) is 97.4 cm³/mol. The van der Waals surface area contributed by atoms with Crippen LogP contribution >= 0.6 is 0 Å². The van der Waals surface area contributed by atoms with Gasteiger partial charge in [-0.05, 0) is 42.7 Å². The number of carbonyl (C=O) groups is 1. The van der Waals surface area contributed by atoms with E-state index in [4.69, 9.17) is 0 Å². The number of nitrogens with zero attached hydrogens (tertiary/aromatic N) is 2. The highest BCUT2D eigenvalue weighted by molar-refractivity contribution is 6.07. The van der Waals surface area contributed by atoms with Gasteiger partial charge >= 0.3 is 0 Å². The van der Waals surface area contributed by atoms with Crippen LogP contribution < -0.4 is 4.90 Å². The number of pyridine rings is 1. The van der Waals surface area contributed by atoms with E-state index >= 15 is 0 Å². The third kappa shape index (κ3) is 2.49. The van der Waals surface area contributed by atoms with Crippen molar-refractivity contribution in [2.45, 2.75) is 26.7 Å². The number of aromatic nitrogens is 1. The molecule has 1 aliphatic rings. The van der Waals surface area contributed by atoms with E-state index in [0.717, 1.165) is 22.9 Å². The lowest BCUT2D eigenvalue weighted by atomic mass is 9.76. The number of amides is 1. The Morgan fingerprint density at radius 2 is 2.00 bits per heavy atom. The number of fused-ring (bicyclic) bond motifs is 2. The summed E-state index contributed by atoms with van der Waals surface area (Å²) in [6.07, 6.45) is 3.03. The average molecular weight is 334 g/mol. The van der Waals surface area contributed by atoms with Gasteiger partial charge in [-0.3, -0.25) is 14.7 Å². The molecule has 4 rings (SSSR count). The Labute approximate surface area is 146 Å². The van der Waals surface area contributed by atoms with E-state index in [1.165, 1.54) is 12.1 Å². The van der Waals surface area contributed by atoms with Gasteiger partial charge in [0.1, 0.15) is 5.82 Å². The van der Waals surface area contributed by atoms with E-state index in [2.05, 4.69) is 4.98 Å². The third-order valence-electron chi connectivity index (χ3n) is 5.20. The Hall–Kier alpha value is -2.75. The molecule has 2 heterocycles. The van der Waals surface area contributed by atoms with Gasteiger partial charge in [0.2, 0.25) is 5.91 Å². The lowest BCUT2D eigenvalue weighted by Gasteiger charge is -2.40. The number of benzene rings is 2. The molecule has 1 atom stereocenters. The van der Waals surface area contributed by atoms with Crippen LogP contribution in [0.3, 0.4) is 0 Å². The second kappa shape index (κ2) is 5.66. The number of halogens is 1. The fraction of sp³-hybridized carbons (Fsp3) is 0.238. The molecule has 0 N–H and O–H groups in total. The summed E-state index contributed by atoms with van der Waals surface area (Å²) in [6.45, 7) is 3.99. The topological polar surface area (TPSA) is 33.2 Å². The van der Waals surface area contributed by atoms with Gasteiger partial charge in [-0.25, -0.2) is 4.39 Å². The molecule has 4 heteroatoms. The second-order valence-electron chi connectivity index (χ2n) is 6.89. The normalized spacial score (nSPS) is 20.0. The molecule has 0 bridgehead atoms. The van der Waals surface area contributed by atoms with Crippen LogP contribution in [0.4, 0.5) is 15.8 Å². The SMILES string of the molecule is CCC1(C)Cc2ccc(F)cc2N(c2cnc3ccccc3c2)C1=O. The summed E-state index contributed by atoms with van der Waals surface area (Å²) in [5.41, 5.74) is 2.64. The van der Waals surface area contributed by atoms with Crippen LogP contribution in [-0.4, -0.2) is 10.9 Å². The molecule has 0 saturated carbocycles. The van der Waals surface area contributed by atoms with Crippen molar-refractivity contribution in [1.82, 2.24) is 4.98 Å². The molecule has 1 amide bonds. The first-order valence-corrected chi connectivity index (χ1v) is 8.49. The number of hydrogen-bond acceptors (Lipinski definition) is 2. The zero-order valence-electron chi connectivity index (χ0n) is 14.3. The van der Waals surface area contributed by atoms with Crippen molar-refractivity contribution < 1.29 is 9.18 Å². The van der Waals surface area contributed by atoms with Crippen LogP contribution in [0, 0.1) is 11.2 Å². The maximum atomic E-state index is 13.9. The standard InChI is InChI=1S/C21H19FN2O/c1-3-21(2)12-15-8-9-16(22)11-19(15)24(20(21)25)17-10-14-6-4-5-7-18(14)23-13-17/h4-11,13H,3,12H2,1-2H3. The Balaban J connectivity index is 1.93. The fourth-order valence-corrected chi connectivity index (χ4v) is 3.48. The van der Waals surface area contributed by atoms with Gasteiger partial charge in [0.15, 0.2) is 0 Å². The summed E-state index contributed by atoms with van der Waals surface area (Å²) in [4.78, 5) is 19.4. The molecule has 25 heavy (non-hydrogen) atoms. The molecular weight excluding hydrogens is 315 g/mol. The Morgan fingerprint density at radius 1 is 1.20 bits per heavy atom. The van der Waals surface area contributed by atoms with Crippen molar-refractivity contribution in [1.29, 1.82) is 0 Å². The fourth-order valence-electron chi connectivity index (χ4n) is 3.48. The van der Waals surface area contributed by atoms with Crippen molar-refractivity contribution >= 4 is 28.2 Å². The minimum atomic E-state index is -0.503. The maximum absolute atomic E-state index is 13.9.